The molecule has 0 spiro atoms. The average Bonchev–Trinajstić information content (AvgIpc) is 3.31. The maximum Gasteiger partial charge on any atom is 0.526 e. The number of quaternary nitrogens is 1. The number of nitrogens with zero attached hydrogens (tertiary/aromatic N) is 1. The first-order chi connectivity index (χ1) is 32.7. The zero-order valence-corrected chi connectivity index (χ0v) is 42.3. The molecule has 2 amide bonds. The number of ether oxygens (including phenoxy) is 2. The van der Waals surface area contributed by atoms with E-state index in [1.165, 1.54) is 62.5 Å². The maximum atomic E-state index is 13.9. The summed E-state index contributed by atoms with van der Waals surface area (Å²) >= 11 is 0. The van der Waals surface area contributed by atoms with Crippen molar-refractivity contribution in [2.45, 2.75) is 148 Å². The normalized spacial score (nSPS) is 12.4. The van der Waals surface area contributed by atoms with E-state index in [-0.39, 0.29) is 4.48 Å². The van der Waals surface area contributed by atoms with Gasteiger partial charge in [0.2, 0.25) is 0 Å². The number of carbonyl (C=O) groups excluding carboxylic acids is 6. The van der Waals surface area contributed by atoms with Crippen molar-refractivity contribution in [3.63, 3.8) is 0 Å². The molecule has 0 heterocycles. The van der Waals surface area contributed by atoms with Gasteiger partial charge in [-0.1, -0.05) is 93.5 Å². The predicted molar refractivity (Wildman–Crippen MR) is 270 cm³/mol. The third kappa shape index (κ3) is 15.3. The lowest BCUT2D eigenvalue weighted by Gasteiger charge is -2.33. The molecule has 0 saturated carbocycles. The molecular formula is C56H73N2O12+. The van der Waals surface area contributed by atoms with Gasteiger partial charge in [-0.15, -0.1) is 0 Å². The second-order valence-electron chi connectivity index (χ2n) is 20.1. The van der Waals surface area contributed by atoms with Gasteiger partial charge < -0.3 is 35.2 Å². The van der Waals surface area contributed by atoms with Crippen molar-refractivity contribution in [1.82, 2.24) is 9.80 Å². The summed E-state index contributed by atoms with van der Waals surface area (Å²) in [6, 6.07) is 26.0. The lowest BCUT2D eigenvalue weighted by molar-refractivity contribution is 0.0487. The standard InChI is InChI=1S/C56H72N2O12/c1-53(2,65)47(59)40-24-20-38(21-25-40)46(39-22-26-41(27-23-39)48(60)54(3,4)66)70-51(63)57-36-18-16-14-12-10-11-13-15-17-19-37-58(52(64)69-9,44-32-28-42(29-33-44)49(61)55(5,6)67)45-34-30-43(31-35-45)50(62)56(7,8)68/h20-35,46,65-68H,10-19,36-37H2,1-9H3/p+1. The van der Waals surface area contributed by atoms with E-state index in [1.54, 1.807) is 97.1 Å². The van der Waals surface area contributed by atoms with Crippen molar-refractivity contribution in [2.24, 2.45) is 0 Å². The van der Waals surface area contributed by atoms with Crippen LogP contribution in [0.25, 0.3) is 0 Å². The SMILES string of the molecule is COC(=O)[N+](CCCCCCCCCCCCNC(=O)OC(c1ccc(C(=O)C(C)(C)O)cc1)c1ccc(C(=O)C(C)(C)O)cc1)(c1ccc(C(=O)C(C)(C)O)cc1)c1ccc(C(=O)C(C)(C)O)cc1. The Labute approximate surface area is 412 Å². The minimum absolute atomic E-state index is 0.293. The molecule has 70 heavy (non-hydrogen) atoms. The summed E-state index contributed by atoms with van der Waals surface area (Å²) in [7, 11) is 1.32. The van der Waals surface area contributed by atoms with E-state index in [4.69, 9.17) is 9.47 Å². The van der Waals surface area contributed by atoms with Crippen LogP contribution < -0.4 is 9.80 Å². The summed E-state index contributed by atoms with van der Waals surface area (Å²) in [5.74, 6) is -1.82. The molecule has 0 aliphatic rings. The van der Waals surface area contributed by atoms with Crippen molar-refractivity contribution in [3.05, 3.63) is 130 Å². The summed E-state index contributed by atoms with van der Waals surface area (Å²) in [4.78, 5) is 77.9. The van der Waals surface area contributed by atoms with E-state index >= 15 is 0 Å². The Morgan fingerprint density at radius 2 is 0.743 bits per heavy atom. The molecule has 0 radical (unpaired) electrons. The quantitative estimate of drug-likeness (QED) is 0.0226. The minimum atomic E-state index is -1.58. The number of methoxy groups -OCH3 is 1. The summed E-state index contributed by atoms with van der Waals surface area (Å²) in [5.41, 5.74) is -2.84. The second-order valence-corrected chi connectivity index (χ2v) is 20.1. The number of rotatable bonds is 26. The van der Waals surface area contributed by atoms with Crippen molar-refractivity contribution in [3.8, 4) is 0 Å². The van der Waals surface area contributed by atoms with Crippen LogP contribution in [0.2, 0.25) is 0 Å². The molecule has 4 aromatic rings. The Balaban J connectivity index is 1.27. The van der Waals surface area contributed by atoms with Crippen LogP contribution in [0.5, 0.6) is 0 Å². The Kier molecular flexibility index (Phi) is 19.7. The first kappa shape index (κ1) is 56.7. The number of ketones is 4. The van der Waals surface area contributed by atoms with Gasteiger partial charge in [0.25, 0.3) is 0 Å². The van der Waals surface area contributed by atoms with Gasteiger partial charge in [-0.25, -0.2) is 4.79 Å². The van der Waals surface area contributed by atoms with Crippen LogP contribution >= 0.6 is 0 Å². The number of hydrogen-bond donors (Lipinski definition) is 5. The van der Waals surface area contributed by atoms with E-state index in [0.29, 0.717) is 64.3 Å². The zero-order valence-electron chi connectivity index (χ0n) is 42.3. The van der Waals surface area contributed by atoms with Crippen LogP contribution in [-0.2, 0) is 9.47 Å². The minimum Gasteiger partial charge on any atom is -0.436 e. The number of benzene rings is 4. The summed E-state index contributed by atoms with van der Waals surface area (Å²) in [6.07, 6.45) is 7.16. The Morgan fingerprint density at radius 1 is 0.457 bits per heavy atom. The molecule has 0 saturated heterocycles. The molecule has 14 heteroatoms. The van der Waals surface area contributed by atoms with Gasteiger partial charge in [-0.05, 0) is 110 Å². The number of nitrogens with one attached hydrogen (secondary N) is 1. The van der Waals surface area contributed by atoms with Crippen molar-refractivity contribution >= 4 is 46.7 Å². The Morgan fingerprint density at radius 3 is 1.04 bits per heavy atom. The molecule has 0 fully saturated rings. The number of carbonyl (C=O) groups is 6. The van der Waals surface area contributed by atoms with Crippen molar-refractivity contribution in [2.75, 3.05) is 20.2 Å². The highest BCUT2D eigenvalue weighted by atomic mass is 16.6. The number of unbranched alkanes of at least 4 members (excludes halogenated alkanes) is 9. The molecule has 0 aliphatic heterocycles. The van der Waals surface area contributed by atoms with E-state index < -0.39 is 63.8 Å². The smallest absolute Gasteiger partial charge is 0.436 e. The topological polar surface area (TPSA) is 214 Å². The van der Waals surface area contributed by atoms with Gasteiger partial charge >= 0.3 is 12.2 Å². The molecule has 0 atom stereocenters. The summed E-state index contributed by atoms with van der Waals surface area (Å²) < 4.78 is 11.0. The van der Waals surface area contributed by atoms with Gasteiger partial charge in [0, 0.05) is 53.1 Å². The van der Waals surface area contributed by atoms with Crippen LogP contribution in [0.15, 0.2) is 97.1 Å². The van der Waals surface area contributed by atoms with E-state index in [0.717, 1.165) is 57.8 Å². The van der Waals surface area contributed by atoms with Gasteiger partial charge in [0.05, 0.1) is 13.7 Å². The Hall–Kier alpha value is -5.90. The fraction of sp³-hybridized carbons (Fsp3) is 0.464. The van der Waals surface area contributed by atoms with Crippen molar-refractivity contribution in [1.29, 1.82) is 0 Å². The number of aliphatic hydroxyl groups is 4. The predicted octanol–water partition coefficient (Wildman–Crippen LogP) is 10.3. The highest BCUT2D eigenvalue weighted by molar-refractivity contribution is 6.04. The lowest BCUT2D eigenvalue weighted by atomic mass is 9.92. The molecule has 4 aromatic carbocycles. The first-order valence-electron chi connectivity index (χ1n) is 24.1. The largest absolute Gasteiger partial charge is 0.526 e. The fourth-order valence-corrected chi connectivity index (χ4v) is 8.19. The fourth-order valence-electron chi connectivity index (χ4n) is 8.19. The molecule has 0 aromatic heterocycles. The maximum absolute atomic E-state index is 13.9. The molecule has 0 bridgehead atoms. The van der Waals surface area contributed by atoms with Crippen molar-refractivity contribution < 1.29 is 58.7 Å². The Bertz CT molecular complexity index is 2260. The molecule has 0 aliphatic carbocycles. The van der Waals surface area contributed by atoms with Crippen LogP contribution in [0.1, 0.15) is 178 Å². The van der Waals surface area contributed by atoms with Crippen LogP contribution in [0.3, 0.4) is 0 Å². The molecule has 14 nitrogen and oxygen atoms in total. The van der Waals surface area contributed by atoms with Gasteiger partial charge in [-0.3, -0.25) is 19.2 Å². The highest BCUT2D eigenvalue weighted by Gasteiger charge is 2.44. The zero-order chi connectivity index (χ0) is 52.1. The average molecular weight is 966 g/mol. The number of alkyl carbamates (subject to hydrolysis) is 1. The molecule has 0 unspecified atom stereocenters. The number of Topliss-reactive ketones (excluding diaryl/α,β-unsaturated/α-hetero) is 4. The van der Waals surface area contributed by atoms with Gasteiger partial charge in [-0.2, -0.15) is 9.28 Å². The molecule has 5 N–H and O–H groups in total. The van der Waals surface area contributed by atoms with Crippen LogP contribution in [-0.4, -0.2) is 98.3 Å². The number of amides is 2. The third-order valence-corrected chi connectivity index (χ3v) is 12.2. The molecular weight excluding hydrogens is 893 g/mol. The second kappa shape index (κ2) is 24.3. The lowest BCUT2D eigenvalue weighted by Crippen LogP contribution is -2.50. The monoisotopic (exact) mass is 966 g/mol. The molecule has 4 rings (SSSR count). The summed E-state index contributed by atoms with van der Waals surface area (Å²) in [5, 5.41) is 43.9. The van der Waals surface area contributed by atoms with E-state index in [2.05, 4.69) is 5.32 Å². The van der Waals surface area contributed by atoms with E-state index in [1.807, 2.05) is 0 Å². The van der Waals surface area contributed by atoms with E-state index in [9.17, 15) is 49.2 Å². The molecule has 378 valence electrons. The number of hydrogen-bond acceptors (Lipinski definition) is 12. The van der Waals surface area contributed by atoms with Crippen LogP contribution in [0.4, 0.5) is 21.0 Å². The van der Waals surface area contributed by atoms with Gasteiger partial charge in [0.1, 0.15) is 33.8 Å². The highest BCUT2D eigenvalue weighted by Crippen LogP contribution is 2.38. The summed E-state index contributed by atoms with van der Waals surface area (Å²) in [6.45, 7) is 12.1. The van der Waals surface area contributed by atoms with Crippen LogP contribution in [0, 0.1) is 0 Å². The first-order valence-corrected chi connectivity index (χ1v) is 24.1. The van der Waals surface area contributed by atoms with Gasteiger partial charge in [0.15, 0.2) is 29.2 Å². The third-order valence-electron chi connectivity index (χ3n) is 12.2.